The van der Waals surface area contributed by atoms with Crippen LogP contribution in [-0.2, 0) is 6.42 Å². The van der Waals surface area contributed by atoms with Crippen LogP contribution < -0.4 is 10.1 Å². The number of para-hydroxylation sites is 1. The molecule has 1 atom stereocenters. The summed E-state index contributed by atoms with van der Waals surface area (Å²) in [5.74, 6) is 1.04. The van der Waals surface area contributed by atoms with E-state index in [4.69, 9.17) is 4.74 Å². The van der Waals surface area contributed by atoms with Crippen molar-refractivity contribution in [1.82, 2.24) is 10.2 Å². The quantitative estimate of drug-likeness (QED) is 0.702. The summed E-state index contributed by atoms with van der Waals surface area (Å²) < 4.78 is 6.45. The number of benzene rings is 1. The lowest BCUT2D eigenvalue weighted by atomic mass is 10.1. The molecule has 4 heteroatoms. The van der Waals surface area contributed by atoms with Crippen LogP contribution in [0.15, 0.2) is 41.8 Å². The summed E-state index contributed by atoms with van der Waals surface area (Å²) in [4.78, 5) is 3.78. The van der Waals surface area contributed by atoms with E-state index in [1.165, 1.54) is 23.3 Å². The van der Waals surface area contributed by atoms with Crippen molar-refractivity contribution in [3.05, 3.63) is 52.2 Å². The van der Waals surface area contributed by atoms with E-state index in [9.17, 15) is 0 Å². The van der Waals surface area contributed by atoms with Crippen LogP contribution in [0.25, 0.3) is 0 Å². The molecule has 1 heterocycles. The topological polar surface area (TPSA) is 24.5 Å². The van der Waals surface area contributed by atoms with Crippen LogP contribution in [0.1, 0.15) is 35.8 Å². The summed E-state index contributed by atoms with van der Waals surface area (Å²) in [6, 6.07) is 13.6. The maximum Gasteiger partial charge on any atom is 0.134 e. The van der Waals surface area contributed by atoms with Gasteiger partial charge in [-0.3, -0.25) is 0 Å². The van der Waals surface area contributed by atoms with Crippen molar-refractivity contribution in [1.29, 1.82) is 0 Å². The summed E-state index contributed by atoms with van der Waals surface area (Å²) in [7, 11) is 4.23. The van der Waals surface area contributed by atoms with Crippen molar-refractivity contribution in [2.45, 2.75) is 37.8 Å². The lowest BCUT2D eigenvalue weighted by molar-refractivity contribution is 0.196. The van der Waals surface area contributed by atoms with Crippen LogP contribution in [0.4, 0.5) is 0 Å². The van der Waals surface area contributed by atoms with E-state index >= 15 is 0 Å². The molecular formula is C20H28N2OS. The second-order valence-electron chi connectivity index (χ2n) is 6.58. The molecule has 1 aromatic heterocycles. The van der Waals surface area contributed by atoms with Crippen LogP contribution in [0.5, 0.6) is 5.75 Å². The van der Waals surface area contributed by atoms with Crippen molar-refractivity contribution in [3.63, 3.8) is 0 Å². The summed E-state index contributed by atoms with van der Waals surface area (Å²) in [6.45, 7) is 2.06. The number of nitrogens with zero attached hydrogens (tertiary/aromatic N) is 1. The third kappa shape index (κ3) is 4.82. The minimum absolute atomic E-state index is 0.125. The fourth-order valence-electron chi connectivity index (χ4n) is 2.98. The van der Waals surface area contributed by atoms with E-state index in [2.05, 4.69) is 59.0 Å². The van der Waals surface area contributed by atoms with Gasteiger partial charge in [0.25, 0.3) is 0 Å². The van der Waals surface area contributed by atoms with Gasteiger partial charge in [0, 0.05) is 23.9 Å². The van der Waals surface area contributed by atoms with Crippen LogP contribution in [0.3, 0.4) is 0 Å². The molecule has 0 radical (unpaired) electrons. The first-order valence-corrected chi connectivity index (χ1v) is 9.78. The smallest absolute Gasteiger partial charge is 0.134 e. The Labute approximate surface area is 149 Å². The van der Waals surface area contributed by atoms with Gasteiger partial charge in [0.2, 0.25) is 0 Å². The molecule has 3 rings (SSSR count). The van der Waals surface area contributed by atoms with Crippen molar-refractivity contribution in [2.75, 3.05) is 27.2 Å². The minimum atomic E-state index is 0.125. The molecule has 24 heavy (non-hydrogen) atoms. The normalized spacial score (nSPS) is 15.6. The molecule has 1 N–H and O–H groups in total. The number of thiophene rings is 1. The van der Waals surface area contributed by atoms with Crippen LogP contribution in [-0.4, -0.2) is 38.1 Å². The molecule has 0 bridgehead atoms. The number of ether oxygens (including phenoxy) is 1. The largest absolute Gasteiger partial charge is 0.485 e. The van der Waals surface area contributed by atoms with Gasteiger partial charge in [-0.05, 0) is 63.0 Å². The third-order valence-electron chi connectivity index (χ3n) is 4.66. The SMILES string of the molecule is CNCC[C@@H](Oc1ccccc1CCN(C)C1CC1)c1cccs1. The van der Waals surface area contributed by atoms with E-state index in [1.54, 1.807) is 11.3 Å². The highest BCUT2D eigenvalue weighted by atomic mass is 32.1. The number of likely N-dealkylation sites (N-methyl/N-ethyl adjacent to an activating group) is 1. The molecule has 2 aromatic rings. The van der Waals surface area contributed by atoms with Crippen LogP contribution in [0.2, 0.25) is 0 Å². The van der Waals surface area contributed by atoms with Gasteiger partial charge < -0.3 is 15.0 Å². The van der Waals surface area contributed by atoms with E-state index in [-0.39, 0.29) is 6.10 Å². The highest BCUT2D eigenvalue weighted by molar-refractivity contribution is 7.10. The maximum absolute atomic E-state index is 6.45. The zero-order chi connectivity index (χ0) is 16.8. The second kappa shape index (κ2) is 8.65. The van der Waals surface area contributed by atoms with Gasteiger partial charge in [-0.15, -0.1) is 11.3 Å². The molecule has 0 amide bonds. The molecule has 1 fully saturated rings. The van der Waals surface area contributed by atoms with Gasteiger partial charge in [0.1, 0.15) is 11.9 Å². The number of hydrogen-bond acceptors (Lipinski definition) is 4. The first-order valence-electron chi connectivity index (χ1n) is 8.90. The van der Waals surface area contributed by atoms with Crippen LogP contribution >= 0.6 is 11.3 Å². The van der Waals surface area contributed by atoms with E-state index in [0.29, 0.717) is 0 Å². The monoisotopic (exact) mass is 344 g/mol. The van der Waals surface area contributed by atoms with Gasteiger partial charge in [0.05, 0.1) is 0 Å². The predicted octanol–water partition coefficient (Wildman–Crippen LogP) is 4.11. The summed E-state index contributed by atoms with van der Waals surface area (Å²) in [6.07, 6.45) is 4.87. The average molecular weight is 345 g/mol. The summed E-state index contributed by atoms with van der Waals surface area (Å²) in [5.41, 5.74) is 1.32. The van der Waals surface area contributed by atoms with Gasteiger partial charge in [0.15, 0.2) is 0 Å². The molecule has 0 unspecified atom stereocenters. The first kappa shape index (κ1) is 17.5. The second-order valence-corrected chi connectivity index (χ2v) is 7.56. The highest BCUT2D eigenvalue weighted by Crippen LogP contribution is 2.31. The predicted molar refractivity (Wildman–Crippen MR) is 102 cm³/mol. The minimum Gasteiger partial charge on any atom is -0.485 e. The van der Waals surface area contributed by atoms with Gasteiger partial charge in [-0.2, -0.15) is 0 Å². The molecule has 1 aliphatic rings. The van der Waals surface area contributed by atoms with E-state index in [1.807, 2.05) is 7.05 Å². The Bertz CT molecular complexity index is 610. The molecule has 3 nitrogen and oxygen atoms in total. The molecule has 1 aliphatic carbocycles. The molecule has 0 spiro atoms. The number of nitrogens with one attached hydrogen (secondary N) is 1. The lowest BCUT2D eigenvalue weighted by Crippen LogP contribution is -2.23. The third-order valence-corrected chi connectivity index (χ3v) is 5.63. The molecule has 1 aromatic carbocycles. The molecule has 0 aliphatic heterocycles. The Morgan fingerprint density at radius 2 is 2.08 bits per heavy atom. The highest BCUT2D eigenvalue weighted by Gasteiger charge is 2.25. The number of rotatable bonds is 10. The number of hydrogen-bond donors (Lipinski definition) is 1. The Kier molecular flexibility index (Phi) is 6.30. The first-order chi connectivity index (χ1) is 11.8. The van der Waals surface area contributed by atoms with Crippen molar-refractivity contribution >= 4 is 11.3 Å². The molecular weight excluding hydrogens is 316 g/mol. The van der Waals surface area contributed by atoms with E-state index in [0.717, 1.165) is 37.7 Å². The Hall–Kier alpha value is -1.36. The Morgan fingerprint density at radius 1 is 1.25 bits per heavy atom. The Balaban J connectivity index is 1.67. The van der Waals surface area contributed by atoms with Gasteiger partial charge >= 0.3 is 0 Å². The van der Waals surface area contributed by atoms with Gasteiger partial charge in [-0.25, -0.2) is 0 Å². The molecule has 1 saturated carbocycles. The van der Waals surface area contributed by atoms with Crippen LogP contribution in [0, 0.1) is 0 Å². The zero-order valence-corrected chi connectivity index (χ0v) is 15.5. The maximum atomic E-state index is 6.45. The average Bonchev–Trinajstić information content (AvgIpc) is 3.32. The zero-order valence-electron chi connectivity index (χ0n) is 14.7. The summed E-state index contributed by atoms with van der Waals surface area (Å²) >= 11 is 1.78. The van der Waals surface area contributed by atoms with Crippen molar-refractivity contribution < 1.29 is 4.74 Å². The van der Waals surface area contributed by atoms with Gasteiger partial charge in [-0.1, -0.05) is 24.3 Å². The standard InChI is InChI=1S/C20H28N2OS/c1-21-13-11-19(20-8-5-15-24-20)23-18-7-4-3-6-16(18)12-14-22(2)17-9-10-17/h3-8,15,17,19,21H,9-14H2,1-2H3/t19-/m1/s1. The van der Waals surface area contributed by atoms with E-state index < -0.39 is 0 Å². The lowest BCUT2D eigenvalue weighted by Gasteiger charge is -2.21. The fraction of sp³-hybridized carbons (Fsp3) is 0.500. The molecule has 0 saturated heterocycles. The van der Waals surface area contributed by atoms with Crippen molar-refractivity contribution in [3.8, 4) is 5.75 Å². The summed E-state index contributed by atoms with van der Waals surface area (Å²) in [5, 5.41) is 5.36. The Morgan fingerprint density at radius 3 is 2.79 bits per heavy atom. The molecule has 130 valence electrons. The fourth-order valence-corrected chi connectivity index (χ4v) is 3.77. The van der Waals surface area contributed by atoms with Crippen molar-refractivity contribution in [2.24, 2.45) is 0 Å².